The summed E-state index contributed by atoms with van der Waals surface area (Å²) in [7, 11) is -1.13. The number of hydrogen-bond acceptors (Lipinski definition) is 5. The lowest BCUT2D eigenvalue weighted by molar-refractivity contribution is 0.0849. The average Bonchev–Trinajstić information content (AvgIpc) is 3.37. The van der Waals surface area contributed by atoms with E-state index in [0.29, 0.717) is 12.7 Å². The molecule has 2 aromatic carbocycles. The molecule has 4 rings (SSSR count). The summed E-state index contributed by atoms with van der Waals surface area (Å²) >= 11 is 0. The van der Waals surface area contributed by atoms with Crippen molar-refractivity contribution in [3.8, 4) is 11.8 Å². The molecule has 1 aromatic heterocycles. The fourth-order valence-electron chi connectivity index (χ4n) is 3.72. The molecule has 0 fully saturated rings. The van der Waals surface area contributed by atoms with E-state index in [1.54, 1.807) is 0 Å². The van der Waals surface area contributed by atoms with Crippen LogP contribution in [0.1, 0.15) is 12.5 Å². The fraction of sp³-hybridized carbons (Fsp3) is 0.400. The van der Waals surface area contributed by atoms with Crippen LogP contribution in [0.25, 0.3) is 11.0 Å². The summed E-state index contributed by atoms with van der Waals surface area (Å²) < 4.78 is 14.3. The van der Waals surface area contributed by atoms with Gasteiger partial charge >= 0.3 is 6.01 Å². The number of hydrogen-bond donors (Lipinski definition) is 0. The summed E-state index contributed by atoms with van der Waals surface area (Å²) in [4.78, 5) is 9.24. The van der Waals surface area contributed by atoms with Crippen molar-refractivity contribution in [2.75, 3.05) is 24.7 Å². The lowest BCUT2D eigenvalue weighted by Crippen LogP contribution is -2.24. The molecule has 6 nitrogen and oxygen atoms in total. The van der Waals surface area contributed by atoms with Gasteiger partial charge in [-0.25, -0.2) is 0 Å². The molecule has 2 heterocycles. The monoisotopic (exact) mass is 450 g/mol. The highest BCUT2D eigenvalue weighted by Crippen LogP contribution is 2.30. The Balaban J connectivity index is 1.52. The molecule has 0 saturated carbocycles. The number of rotatable bonds is 9. The van der Waals surface area contributed by atoms with Crippen LogP contribution >= 0.6 is 0 Å². The lowest BCUT2D eigenvalue weighted by atomic mass is 10.2. The molecule has 0 radical (unpaired) electrons. The van der Waals surface area contributed by atoms with E-state index in [1.807, 2.05) is 28.8 Å². The Labute approximate surface area is 192 Å². The number of imidazole rings is 1. The quantitative estimate of drug-likeness (QED) is 0.295. The summed E-state index contributed by atoms with van der Waals surface area (Å²) in [6.45, 7) is 14.4. The standard InChI is InChI=1S/C25H34N4O2Si/c1-6-27-14-15-28(18-27)21-10-12-22(13-11-21)31-25-26-23-9-7-8-20(2)24(23)29(25)19-30-16-17-32(3,4)5/h7-15H,6,16-19H2,1-5H3. The maximum Gasteiger partial charge on any atom is 0.304 e. The molecule has 0 spiro atoms. The molecule has 170 valence electrons. The molecule has 1 aliphatic heterocycles. The van der Waals surface area contributed by atoms with Crippen LogP contribution in [0.15, 0.2) is 54.9 Å². The van der Waals surface area contributed by atoms with Gasteiger partial charge in [-0.3, -0.25) is 4.57 Å². The van der Waals surface area contributed by atoms with Gasteiger partial charge in [-0.1, -0.05) is 31.8 Å². The van der Waals surface area contributed by atoms with Crippen LogP contribution in [0, 0.1) is 6.92 Å². The van der Waals surface area contributed by atoms with E-state index in [9.17, 15) is 0 Å². The maximum atomic E-state index is 6.24. The molecule has 32 heavy (non-hydrogen) atoms. The van der Waals surface area contributed by atoms with Crippen LogP contribution in [0.2, 0.25) is 25.7 Å². The predicted octanol–water partition coefficient (Wildman–Crippen LogP) is 6.02. The maximum absolute atomic E-state index is 6.24. The molecule has 1 aliphatic rings. The summed E-state index contributed by atoms with van der Waals surface area (Å²) in [6.07, 6.45) is 4.23. The van der Waals surface area contributed by atoms with E-state index in [4.69, 9.17) is 14.5 Å². The number of anilines is 1. The molecule has 0 amide bonds. The largest absolute Gasteiger partial charge is 0.425 e. The number of aromatic nitrogens is 2. The number of nitrogens with zero attached hydrogens (tertiary/aromatic N) is 4. The number of benzene rings is 2. The van der Waals surface area contributed by atoms with Crippen molar-refractivity contribution in [1.82, 2.24) is 14.5 Å². The number of aryl methyl sites for hydroxylation is 1. The van der Waals surface area contributed by atoms with Crippen LogP contribution < -0.4 is 9.64 Å². The minimum absolute atomic E-state index is 0.435. The molecular weight excluding hydrogens is 416 g/mol. The van der Waals surface area contributed by atoms with Crippen molar-refractivity contribution in [3.63, 3.8) is 0 Å². The van der Waals surface area contributed by atoms with E-state index >= 15 is 0 Å². The van der Waals surface area contributed by atoms with Crippen molar-refractivity contribution in [2.24, 2.45) is 0 Å². The van der Waals surface area contributed by atoms with Crippen LogP contribution in [-0.4, -0.2) is 42.3 Å². The smallest absolute Gasteiger partial charge is 0.304 e. The molecule has 0 N–H and O–H groups in total. The van der Waals surface area contributed by atoms with Crippen LogP contribution in [0.5, 0.6) is 11.8 Å². The molecular formula is C25H34N4O2Si. The SMILES string of the molecule is CCN1C=CN(c2ccc(Oc3nc4cccc(C)c4n3COCC[Si](C)(C)C)cc2)C1. The van der Waals surface area contributed by atoms with E-state index in [0.717, 1.165) is 53.9 Å². The Morgan fingerprint density at radius 1 is 1.03 bits per heavy atom. The van der Waals surface area contributed by atoms with Gasteiger partial charge in [0.15, 0.2) is 0 Å². The van der Waals surface area contributed by atoms with Gasteiger partial charge in [0.1, 0.15) is 12.5 Å². The minimum atomic E-state index is -1.13. The van der Waals surface area contributed by atoms with Crippen molar-refractivity contribution in [1.29, 1.82) is 0 Å². The number of ether oxygens (including phenoxy) is 2. The second-order valence-electron chi connectivity index (χ2n) is 9.52. The zero-order valence-electron chi connectivity index (χ0n) is 19.8. The third kappa shape index (κ3) is 5.16. The van der Waals surface area contributed by atoms with Gasteiger partial charge in [0, 0.05) is 39.3 Å². The summed E-state index contributed by atoms with van der Waals surface area (Å²) in [5, 5.41) is 0. The van der Waals surface area contributed by atoms with Gasteiger partial charge in [0.05, 0.1) is 17.7 Å². The van der Waals surface area contributed by atoms with Crippen LogP contribution in [-0.2, 0) is 11.5 Å². The molecule has 0 aliphatic carbocycles. The third-order valence-corrected chi connectivity index (χ3v) is 7.43. The first-order chi connectivity index (χ1) is 15.3. The minimum Gasteiger partial charge on any atom is -0.425 e. The van der Waals surface area contributed by atoms with E-state index in [1.165, 1.54) is 0 Å². The van der Waals surface area contributed by atoms with Crippen molar-refractivity contribution >= 4 is 24.8 Å². The highest BCUT2D eigenvalue weighted by Gasteiger charge is 2.17. The van der Waals surface area contributed by atoms with Gasteiger partial charge in [-0.2, -0.15) is 4.98 Å². The number of para-hydroxylation sites is 1. The summed E-state index contributed by atoms with van der Waals surface area (Å²) in [5.74, 6) is 0.764. The highest BCUT2D eigenvalue weighted by atomic mass is 28.3. The molecule has 3 aromatic rings. The predicted molar refractivity (Wildman–Crippen MR) is 134 cm³/mol. The molecule has 7 heteroatoms. The van der Waals surface area contributed by atoms with E-state index in [-0.39, 0.29) is 0 Å². The normalized spacial score (nSPS) is 14.0. The third-order valence-electron chi connectivity index (χ3n) is 5.73. The summed E-state index contributed by atoms with van der Waals surface area (Å²) in [6, 6.07) is 16.0. The Bertz CT molecular complexity index is 1090. The zero-order chi connectivity index (χ0) is 22.7. The molecule has 0 atom stereocenters. The van der Waals surface area contributed by atoms with E-state index in [2.05, 4.69) is 73.9 Å². The fourth-order valence-corrected chi connectivity index (χ4v) is 4.48. The number of fused-ring (bicyclic) bond motifs is 1. The van der Waals surface area contributed by atoms with Crippen LogP contribution in [0.3, 0.4) is 0 Å². The first kappa shape index (κ1) is 22.4. The van der Waals surface area contributed by atoms with Gasteiger partial charge in [0.25, 0.3) is 0 Å². The Morgan fingerprint density at radius 3 is 2.50 bits per heavy atom. The van der Waals surface area contributed by atoms with E-state index < -0.39 is 8.07 Å². The van der Waals surface area contributed by atoms with Gasteiger partial charge < -0.3 is 19.3 Å². The second kappa shape index (κ2) is 9.38. The van der Waals surface area contributed by atoms with Gasteiger partial charge in [0.2, 0.25) is 0 Å². The average molecular weight is 451 g/mol. The summed E-state index contributed by atoms with van der Waals surface area (Å²) in [5.41, 5.74) is 4.29. The Kier molecular flexibility index (Phi) is 6.57. The molecule has 0 saturated heterocycles. The molecule has 0 unspecified atom stereocenters. The first-order valence-corrected chi connectivity index (χ1v) is 15.1. The lowest BCUT2D eigenvalue weighted by Gasteiger charge is -2.20. The zero-order valence-corrected chi connectivity index (χ0v) is 20.8. The van der Waals surface area contributed by atoms with Crippen molar-refractivity contribution < 1.29 is 9.47 Å². The van der Waals surface area contributed by atoms with Gasteiger partial charge in [-0.15, -0.1) is 0 Å². The topological polar surface area (TPSA) is 42.8 Å². The first-order valence-electron chi connectivity index (χ1n) is 11.3. The molecule has 0 bridgehead atoms. The Hall–Kier alpha value is -2.77. The van der Waals surface area contributed by atoms with Crippen LogP contribution in [0.4, 0.5) is 5.69 Å². The highest BCUT2D eigenvalue weighted by molar-refractivity contribution is 6.76. The Morgan fingerprint density at radius 2 is 1.81 bits per heavy atom. The van der Waals surface area contributed by atoms with Gasteiger partial charge in [-0.05, 0) is 55.8 Å². The van der Waals surface area contributed by atoms with Crippen molar-refractivity contribution in [3.05, 3.63) is 60.4 Å². The van der Waals surface area contributed by atoms with Crippen molar-refractivity contribution in [2.45, 2.75) is 46.3 Å². The second-order valence-corrected chi connectivity index (χ2v) is 15.1.